The van der Waals surface area contributed by atoms with Crippen LogP contribution in [0, 0.1) is 11.8 Å². The molecular weight excluding hydrogens is 317 g/mol. The van der Waals surface area contributed by atoms with Crippen LogP contribution in [-0.4, -0.2) is 23.7 Å². The van der Waals surface area contributed by atoms with Gasteiger partial charge in [0.05, 0.1) is 11.2 Å². The van der Waals surface area contributed by atoms with E-state index < -0.39 is 0 Å². The van der Waals surface area contributed by atoms with Gasteiger partial charge >= 0.3 is 5.97 Å². The van der Waals surface area contributed by atoms with Crippen molar-refractivity contribution in [3.05, 3.63) is 0 Å². The van der Waals surface area contributed by atoms with Gasteiger partial charge in [-0.15, -0.1) is 0 Å². The van der Waals surface area contributed by atoms with Crippen molar-refractivity contribution in [2.24, 2.45) is 11.8 Å². The second-order valence-corrected chi connectivity index (χ2v) is 6.56. The van der Waals surface area contributed by atoms with Gasteiger partial charge in [0.15, 0.2) is 0 Å². The number of hydrogen-bond donors (Lipinski definition) is 1. The van der Waals surface area contributed by atoms with Crippen LogP contribution in [0.4, 0.5) is 0 Å². The highest BCUT2D eigenvalue weighted by atomic mass is 127. The fraction of sp³-hybridized carbons (Fsp3) is 0.917. The van der Waals surface area contributed by atoms with E-state index in [1.807, 2.05) is 0 Å². The lowest BCUT2D eigenvalue weighted by Crippen LogP contribution is -2.30. The molecule has 0 spiro atoms. The SMILES string of the molecule is COC(=O)CC1CCC(CNC(C)I)CC1. The topological polar surface area (TPSA) is 38.3 Å². The smallest absolute Gasteiger partial charge is 0.305 e. The first kappa shape index (κ1) is 14.2. The van der Waals surface area contributed by atoms with Crippen LogP contribution < -0.4 is 5.32 Å². The molecule has 0 bridgehead atoms. The molecule has 1 fully saturated rings. The van der Waals surface area contributed by atoms with Crippen molar-refractivity contribution in [3.63, 3.8) is 0 Å². The Balaban J connectivity index is 2.16. The molecule has 1 saturated carbocycles. The summed E-state index contributed by atoms with van der Waals surface area (Å²) in [7, 11) is 1.47. The molecule has 0 aromatic carbocycles. The van der Waals surface area contributed by atoms with Crippen LogP contribution in [0.3, 0.4) is 0 Å². The molecule has 1 N–H and O–H groups in total. The lowest BCUT2D eigenvalue weighted by molar-refractivity contribution is -0.142. The predicted molar refractivity (Wildman–Crippen MR) is 73.6 cm³/mol. The van der Waals surface area contributed by atoms with Gasteiger partial charge in [-0.3, -0.25) is 4.79 Å². The zero-order valence-corrected chi connectivity index (χ0v) is 12.3. The van der Waals surface area contributed by atoms with E-state index in [1.165, 1.54) is 32.8 Å². The molecule has 1 atom stereocenters. The van der Waals surface area contributed by atoms with Crippen LogP contribution in [0.5, 0.6) is 0 Å². The van der Waals surface area contributed by atoms with Crippen LogP contribution in [0.2, 0.25) is 0 Å². The number of methoxy groups -OCH3 is 1. The van der Waals surface area contributed by atoms with E-state index in [0.717, 1.165) is 12.5 Å². The largest absolute Gasteiger partial charge is 0.469 e. The summed E-state index contributed by atoms with van der Waals surface area (Å²) in [5.74, 6) is 1.30. The highest BCUT2D eigenvalue weighted by Crippen LogP contribution is 2.30. The summed E-state index contributed by atoms with van der Waals surface area (Å²) in [6.07, 6.45) is 5.46. The van der Waals surface area contributed by atoms with Gasteiger partial charge in [0.25, 0.3) is 0 Å². The normalized spacial score (nSPS) is 27.4. The van der Waals surface area contributed by atoms with E-state index in [9.17, 15) is 4.79 Å². The van der Waals surface area contributed by atoms with Crippen LogP contribution >= 0.6 is 22.6 Å². The molecule has 1 rings (SSSR count). The highest BCUT2D eigenvalue weighted by Gasteiger charge is 2.23. The van der Waals surface area contributed by atoms with Crippen molar-refractivity contribution in [1.82, 2.24) is 5.32 Å². The molecule has 16 heavy (non-hydrogen) atoms. The molecule has 0 aromatic heterocycles. The first-order valence-electron chi connectivity index (χ1n) is 6.06. The Hall–Kier alpha value is 0.160. The number of carbonyl (C=O) groups excluding carboxylic acids is 1. The van der Waals surface area contributed by atoms with Gasteiger partial charge in [-0.1, -0.05) is 22.6 Å². The Labute approximate surface area is 112 Å². The molecule has 0 aromatic rings. The molecular formula is C12H22INO2. The Morgan fingerprint density at radius 2 is 1.94 bits per heavy atom. The number of nitrogens with one attached hydrogen (secondary N) is 1. The van der Waals surface area contributed by atoms with Gasteiger partial charge in [-0.2, -0.15) is 0 Å². The molecule has 0 amide bonds. The van der Waals surface area contributed by atoms with E-state index in [-0.39, 0.29) is 5.97 Å². The Morgan fingerprint density at radius 1 is 1.38 bits per heavy atom. The van der Waals surface area contributed by atoms with E-state index in [2.05, 4.69) is 34.8 Å². The maximum absolute atomic E-state index is 11.1. The molecule has 1 unspecified atom stereocenters. The molecule has 0 heterocycles. The molecule has 94 valence electrons. The zero-order valence-electron chi connectivity index (χ0n) is 10.2. The van der Waals surface area contributed by atoms with E-state index in [4.69, 9.17) is 4.74 Å². The third-order valence-electron chi connectivity index (χ3n) is 3.34. The van der Waals surface area contributed by atoms with E-state index >= 15 is 0 Å². The summed E-state index contributed by atoms with van der Waals surface area (Å²) in [6.45, 7) is 3.29. The third kappa shape index (κ3) is 5.48. The molecule has 3 nitrogen and oxygen atoms in total. The Morgan fingerprint density at radius 3 is 2.44 bits per heavy atom. The van der Waals surface area contributed by atoms with Crippen LogP contribution in [-0.2, 0) is 9.53 Å². The van der Waals surface area contributed by atoms with E-state index in [1.54, 1.807) is 0 Å². The van der Waals surface area contributed by atoms with Gasteiger partial charge in [-0.05, 0) is 51.0 Å². The van der Waals surface area contributed by atoms with Crippen LogP contribution in [0.15, 0.2) is 0 Å². The lowest BCUT2D eigenvalue weighted by atomic mass is 9.80. The van der Waals surface area contributed by atoms with Crippen molar-refractivity contribution < 1.29 is 9.53 Å². The highest BCUT2D eigenvalue weighted by molar-refractivity contribution is 14.1. The first-order valence-corrected chi connectivity index (χ1v) is 7.30. The zero-order chi connectivity index (χ0) is 12.0. The lowest BCUT2D eigenvalue weighted by Gasteiger charge is -2.28. The minimum atomic E-state index is -0.0533. The standard InChI is InChI=1S/C12H22INO2/c1-9(13)14-8-11-5-3-10(4-6-11)7-12(15)16-2/h9-11,14H,3-8H2,1-2H3. The average molecular weight is 339 g/mol. The number of esters is 1. The van der Waals surface area contributed by atoms with Gasteiger partial charge in [0, 0.05) is 6.42 Å². The van der Waals surface area contributed by atoms with Gasteiger partial charge in [0.1, 0.15) is 0 Å². The summed E-state index contributed by atoms with van der Waals surface area (Å²) in [5.41, 5.74) is 0. The number of rotatable bonds is 5. The summed E-state index contributed by atoms with van der Waals surface area (Å²) in [4.78, 5) is 11.1. The summed E-state index contributed by atoms with van der Waals surface area (Å²) >= 11 is 2.39. The van der Waals surface area contributed by atoms with Crippen molar-refractivity contribution in [1.29, 1.82) is 0 Å². The maximum atomic E-state index is 11.1. The molecule has 0 aliphatic heterocycles. The summed E-state index contributed by atoms with van der Waals surface area (Å²) in [5, 5.41) is 3.48. The Kier molecular flexibility index (Phi) is 6.65. The van der Waals surface area contributed by atoms with Crippen LogP contribution in [0.1, 0.15) is 39.0 Å². The number of hydrogen-bond acceptors (Lipinski definition) is 3. The van der Waals surface area contributed by atoms with Crippen molar-refractivity contribution in [3.8, 4) is 0 Å². The van der Waals surface area contributed by atoms with Crippen molar-refractivity contribution in [2.45, 2.75) is 43.1 Å². The molecule has 0 saturated heterocycles. The quantitative estimate of drug-likeness (QED) is 0.362. The maximum Gasteiger partial charge on any atom is 0.305 e. The van der Waals surface area contributed by atoms with Gasteiger partial charge < -0.3 is 10.1 Å². The molecule has 1 aliphatic rings. The van der Waals surface area contributed by atoms with Crippen molar-refractivity contribution in [2.75, 3.05) is 13.7 Å². The molecule has 4 heteroatoms. The number of alkyl halides is 1. The summed E-state index contributed by atoms with van der Waals surface area (Å²) < 4.78 is 5.25. The average Bonchev–Trinajstić information content (AvgIpc) is 2.28. The Bertz CT molecular complexity index is 213. The fourth-order valence-corrected chi connectivity index (χ4v) is 2.54. The number of halogens is 1. The third-order valence-corrected chi connectivity index (χ3v) is 3.78. The van der Waals surface area contributed by atoms with Gasteiger partial charge in [-0.25, -0.2) is 0 Å². The molecule has 1 aliphatic carbocycles. The monoisotopic (exact) mass is 339 g/mol. The summed E-state index contributed by atoms with van der Waals surface area (Å²) in [6, 6.07) is 0. The minimum Gasteiger partial charge on any atom is -0.469 e. The minimum absolute atomic E-state index is 0.0533. The fourth-order valence-electron chi connectivity index (χ4n) is 2.29. The second-order valence-electron chi connectivity index (χ2n) is 4.69. The predicted octanol–water partition coefficient (Wildman–Crippen LogP) is 2.73. The molecule has 0 radical (unpaired) electrons. The van der Waals surface area contributed by atoms with E-state index in [0.29, 0.717) is 16.4 Å². The number of ether oxygens (including phenoxy) is 1. The number of carbonyl (C=O) groups is 1. The van der Waals surface area contributed by atoms with Gasteiger partial charge in [0.2, 0.25) is 0 Å². The first-order chi connectivity index (χ1) is 7.61. The second kappa shape index (κ2) is 7.48. The van der Waals surface area contributed by atoms with Crippen molar-refractivity contribution >= 4 is 28.6 Å². The van der Waals surface area contributed by atoms with Crippen LogP contribution in [0.25, 0.3) is 0 Å².